The van der Waals surface area contributed by atoms with E-state index in [-0.39, 0.29) is 17.5 Å². The van der Waals surface area contributed by atoms with Gasteiger partial charge in [-0.3, -0.25) is 4.79 Å². The van der Waals surface area contributed by atoms with Crippen LogP contribution in [0.5, 0.6) is 0 Å². The minimum atomic E-state index is -0.421. The molecule has 0 radical (unpaired) electrons. The van der Waals surface area contributed by atoms with Crippen LogP contribution in [0, 0.1) is 12.8 Å². The number of fused-ring (bicyclic) bond motifs is 1. The molecule has 1 aromatic heterocycles. The third-order valence-corrected chi connectivity index (χ3v) is 8.38. The van der Waals surface area contributed by atoms with Crippen molar-refractivity contribution in [3.8, 4) is 0 Å². The van der Waals surface area contributed by atoms with Crippen LogP contribution in [0.4, 0.5) is 5.82 Å². The predicted molar refractivity (Wildman–Crippen MR) is 143 cm³/mol. The third kappa shape index (κ3) is 4.45. The summed E-state index contributed by atoms with van der Waals surface area (Å²) in [5.74, 6) is 1.20. The molecule has 2 atom stereocenters. The fourth-order valence-corrected chi connectivity index (χ4v) is 5.88. The predicted octanol–water partition coefficient (Wildman–Crippen LogP) is 6.41. The molecular formula is C28H38N4OS. The summed E-state index contributed by atoms with van der Waals surface area (Å²) >= 11 is 1.73. The monoisotopic (exact) mass is 478 g/mol. The molecule has 1 aliphatic heterocycles. The Labute approximate surface area is 208 Å². The first kappa shape index (κ1) is 24.6. The van der Waals surface area contributed by atoms with E-state index in [0.717, 1.165) is 42.8 Å². The molecule has 1 aromatic carbocycles. The molecule has 2 aliphatic rings. The quantitative estimate of drug-likeness (QED) is 0.452. The van der Waals surface area contributed by atoms with Gasteiger partial charge in [-0.2, -0.15) is 5.10 Å². The lowest BCUT2D eigenvalue weighted by molar-refractivity contribution is 0.0889. The van der Waals surface area contributed by atoms with Crippen LogP contribution in [0.25, 0.3) is 0 Å². The van der Waals surface area contributed by atoms with Gasteiger partial charge in [-0.15, -0.1) is 11.8 Å². The summed E-state index contributed by atoms with van der Waals surface area (Å²) in [4.78, 5) is 15.1. The summed E-state index contributed by atoms with van der Waals surface area (Å²) in [6, 6.07) is 8.84. The Morgan fingerprint density at radius 2 is 1.94 bits per heavy atom. The zero-order valence-electron chi connectivity index (χ0n) is 21.3. The smallest absolute Gasteiger partial charge is 0.257 e. The minimum absolute atomic E-state index is 0.0561. The highest BCUT2D eigenvalue weighted by Crippen LogP contribution is 2.39. The molecule has 2 N–H and O–H groups in total. The standard InChI is InChI=1S/C28H38N4OS/c1-7-28(8-2,21-14-16-22(34-6)17-15-21)30-26(33)24-19(3)31-32-25(24)29-23(18-27(32,4)5)20-12-10-9-11-13-20/h9-12,14-17,20,23,29H,7-8,13,18H2,1-6H3,(H,30,33)/t20?,23-/m1/s1. The number of aromatic nitrogens is 2. The number of carbonyl (C=O) groups excluding carboxylic acids is 1. The van der Waals surface area contributed by atoms with Crippen molar-refractivity contribution in [2.45, 2.75) is 82.3 Å². The van der Waals surface area contributed by atoms with E-state index in [1.165, 1.54) is 4.90 Å². The molecule has 34 heavy (non-hydrogen) atoms. The maximum atomic E-state index is 13.9. The van der Waals surface area contributed by atoms with Gasteiger partial charge >= 0.3 is 0 Å². The number of aryl methyl sites for hydroxylation is 1. The number of nitrogens with zero attached hydrogens (tertiary/aromatic N) is 2. The van der Waals surface area contributed by atoms with Gasteiger partial charge in [0.15, 0.2) is 0 Å². The van der Waals surface area contributed by atoms with Crippen molar-refractivity contribution in [3.63, 3.8) is 0 Å². The van der Waals surface area contributed by atoms with E-state index in [1.54, 1.807) is 11.8 Å². The Kier molecular flexibility index (Phi) is 6.99. The van der Waals surface area contributed by atoms with Crippen molar-refractivity contribution >= 4 is 23.5 Å². The van der Waals surface area contributed by atoms with Crippen molar-refractivity contribution in [3.05, 3.63) is 65.4 Å². The van der Waals surface area contributed by atoms with Crippen molar-refractivity contribution in [2.24, 2.45) is 5.92 Å². The largest absolute Gasteiger partial charge is 0.366 e. The van der Waals surface area contributed by atoms with Gasteiger partial charge in [0.2, 0.25) is 0 Å². The molecule has 182 valence electrons. The minimum Gasteiger partial charge on any atom is -0.366 e. The van der Waals surface area contributed by atoms with E-state index in [0.29, 0.717) is 11.5 Å². The Balaban J connectivity index is 1.68. The van der Waals surface area contributed by atoms with Crippen LogP contribution in [0.15, 0.2) is 53.5 Å². The summed E-state index contributed by atoms with van der Waals surface area (Å²) in [6.45, 7) is 10.7. The maximum absolute atomic E-state index is 13.9. The fraction of sp³-hybridized carbons (Fsp3) is 0.500. The van der Waals surface area contributed by atoms with E-state index in [2.05, 4.69) is 93.2 Å². The summed E-state index contributed by atoms with van der Waals surface area (Å²) in [6.07, 6.45) is 14.4. The molecule has 2 aromatic rings. The van der Waals surface area contributed by atoms with E-state index < -0.39 is 5.54 Å². The third-order valence-electron chi connectivity index (χ3n) is 7.64. The molecule has 6 heteroatoms. The number of carbonyl (C=O) groups is 1. The second-order valence-corrected chi connectivity index (χ2v) is 11.1. The highest BCUT2D eigenvalue weighted by molar-refractivity contribution is 7.98. The van der Waals surface area contributed by atoms with Crippen molar-refractivity contribution in [1.29, 1.82) is 0 Å². The highest BCUT2D eigenvalue weighted by atomic mass is 32.2. The second kappa shape index (κ2) is 9.65. The number of hydrogen-bond acceptors (Lipinski definition) is 4. The summed E-state index contributed by atoms with van der Waals surface area (Å²) in [7, 11) is 0. The van der Waals surface area contributed by atoms with E-state index in [4.69, 9.17) is 5.10 Å². The first-order valence-corrected chi connectivity index (χ1v) is 13.6. The average molecular weight is 479 g/mol. The number of amides is 1. The Morgan fingerprint density at radius 1 is 1.24 bits per heavy atom. The topological polar surface area (TPSA) is 59.0 Å². The number of thioether (sulfide) groups is 1. The lowest BCUT2D eigenvalue weighted by atomic mass is 9.82. The van der Waals surface area contributed by atoms with Crippen LogP contribution in [-0.4, -0.2) is 28.0 Å². The normalized spacial score (nSPS) is 21.1. The fourth-order valence-electron chi connectivity index (χ4n) is 5.48. The molecule has 0 spiro atoms. The SMILES string of the molecule is CCC(CC)(NC(=O)c1c(C)nn2c1N[C@@H](C1C=CC=CC1)CC2(C)C)c1ccc(SC)cc1. The van der Waals surface area contributed by atoms with Crippen LogP contribution in [0.1, 0.15) is 75.0 Å². The number of benzene rings is 1. The summed E-state index contributed by atoms with van der Waals surface area (Å²) in [5, 5.41) is 12.0. The number of rotatable bonds is 7. The van der Waals surface area contributed by atoms with Crippen molar-refractivity contribution in [1.82, 2.24) is 15.1 Å². The Hall–Kier alpha value is -2.47. The number of allylic oxidation sites excluding steroid dienone is 3. The highest BCUT2D eigenvalue weighted by Gasteiger charge is 2.40. The van der Waals surface area contributed by atoms with Crippen LogP contribution < -0.4 is 10.6 Å². The molecule has 1 amide bonds. The zero-order valence-corrected chi connectivity index (χ0v) is 22.1. The molecular weight excluding hydrogens is 440 g/mol. The van der Waals surface area contributed by atoms with Crippen LogP contribution >= 0.6 is 11.8 Å². The van der Waals surface area contributed by atoms with Gasteiger partial charge in [-0.25, -0.2) is 4.68 Å². The Morgan fingerprint density at radius 3 is 2.53 bits per heavy atom. The molecule has 2 heterocycles. The van der Waals surface area contributed by atoms with E-state index in [9.17, 15) is 4.79 Å². The van der Waals surface area contributed by atoms with Gasteiger partial charge in [-0.1, -0.05) is 50.3 Å². The zero-order chi connectivity index (χ0) is 24.5. The molecule has 1 aliphatic carbocycles. The maximum Gasteiger partial charge on any atom is 0.257 e. The molecule has 0 saturated heterocycles. The second-order valence-electron chi connectivity index (χ2n) is 10.2. The van der Waals surface area contributed by atoms with E-state index >= 15 is 0 Å². The number of anilines is 1. The van der Waals surface area contributed by atoms with Gasteiger partial charge in [0, 0.05) is 16.9 Å². The molecule has 4 rings (SSSR count). The average Bonchev–Trinajstić information content (AvgIpc) is 3.20. The van der Waals surface area contributed by atoms with E-state index in [1.807, 2.05) is 11.6 Å². The van der Waals surface area contributed by atoms with Crippen molar-refractivity contribution in [2.75, 3.05) is 11.6 Å². The van der Waals surface area contributed by atoms with Gasteiger partial charge in [-0.05, 0) is 70.4 Å². The van der Waals surface area contributed by atoms with Gasteiger partial charge in [0.05, 0.1) is 16.8 Å². The number of hydrogen-bond donors (Lipinski definition) is 2. The molecule has 1 unspecified atom stereocenters. The van der Waals surface area contributed by atoms with Crippen LogP contribution in [-0.2, 0) is 11.1 Å². The van der Waals surface area contributed by atoms with Crippen LogP contribution in [0.2, 0.25) is 0 Å². The van der Waals surface area contributed by atoms with Gasteiger partial charge in [0.25, 0.3) is 5.91 Å². The molecule has 0 fully saturated rings. The van der Waals surface area contributed by atoms with Gasteiger partial charge in [0.1, 0.15) is 11.4 Å². The molecule has 5 nitrogen and oxygen atoms in total. The summed E-state index contributed by atoms with van der Waals surface area (Å²) < 4.78 is 2.03. The van der Waals surface area contributed by atoms with Crippen LogP contribution in [0.3, 0.4) is 0 Å². The molecule has 0 saturated carbocycles. The summed E-state index contributed by atoms with van der Waals surface area (Å²) in [5.41, 5.74) is 1.99. The number of nitrogens with one attached hydrogen (secondary N) is 2. The Bertz CT molecular complexity index is 1090. The van der Waals surface area contributed by atoms with Crippen molar-refractivity contribution < 1.29 is 4.79 Å². The first-order chi connectivity index (χ1) is 16.2. The lowest BCUT2D eigenvalue weighted by Gasteiger charge is -2.41. The first-order valence-electron chi connectivity index (χ1n) is 12.4. The lowest BCUT2D eigenvalue weighted by Crippen LogP contribution is -2.47. The molecule has 0 bridgehead atoms. The van der Waals surface area contributed by atoms with Gasteiger partial charge < -0.3 is 10.6 Å².